The molecule has 2 rings (SSSR count). The summed E-state index contributed by atoms with van der Waals surface area (Å²) in [5.74, 6) is 0.316. The lowest BCUT2D eigenvalue weighted by Gasteiger charge is -2.36. The highest BCUT2D eigenvalue weighted by Crippen LogP contribution is 2.41. The monoisotopic (exact) mass is 324 g/mol. The number of piperazine rings is 1. The van der Waals surface area contributed by atoms with E-state index in [9.17, 15) is 13.2 Å². The van der Waals surface area contributed by atoms with Gasteiger partial charge in [0.2, 0.25) is 0 Å². The van der Waals surface area contributed by atoms with E-state index < -0.39 is 12.2 Å². The fourth-order valence-electron chi connectivity index (χ4n) is 2.51. The van der Waals surface area contributed by atoms with Crippen molar-refractivity contribution in [3.05, 3.63) is 29.8 Å². The Morgan fingerprint density at radius 2 is 1.86 bits per heavy atom. The van der Waals surface area contributed by atoms with E-state index in [2.05, 4.69) is 5.32 Å². The van der Waals surface area contributed by atoms with Crippen molar-refractivity contribution in [2.75, 3.05) is 32.8 Å². The van der Waals surface area contributed by atoms with Crippen LogP contribution in [-0.2, 0) is 0 Å². The van der Waals surface area contributed by atoms with Gasteiger partial charge in [-0.25, -0.2) is 0 Å². The van der Waals surface area contributed by atoms with Crippen LogP contribution in [0.5, 0.6) is 5.75 Å². The Bertz CT molecular complexity index is 436. The van der Waals surface area contributed by atoms with E-state index in [0.29, 0.717) is 38.5 Å². The standard InChI is InChI=1S/C14H19F3N2O.ClH/c1-2-20-12-6-4-3-5-11(12)13(14(15,16)17)19-9-7-18-8-10-19;/h3-6,13,18H,2,7-10H2,1H3;1H/t13-;/m0./s1. The van der Waals surface area contributed by atoms with Crippen molar-refractivity contribution in [3.8, 4) is 5.75 Å². The molecule has 1 aromatic rings. The number of hydrogen-bond donors (Lipinski definition) is 1. The molecule has 1 aliphatic rings. The topological polar surface area (TPSA) is 24.5 Å². The number of nitrogens with one attached hydrogen (secondary N) is 1. The molecular weight excluding hydrogens is 305 g/mol. The third-order valence-electron chi connectivity index (χ3n) is 3.34. The van der Waals surface area contributed by atoms with Gasteiger partial charge in [-0.3, -0.25) is 4.90 Å². The minimum Gasteiger partial charge on any atom is -0.494 e. The van der Waals surface area contributed by atoms with Crippen molar-refractivity contribution in [1.82, 2.24) is 10.2 Å². The molecule has 1 N–H and O–H groups in total. The van der Waals surface area contributed by atoms with Gasteiger partial charge in [-0.05, 0) is 13.0 Å². The maximum Gasteiger partial charge on any atom is 0.408 e. The van der Waals surface area contributed by atoms with Gasteiger partial charge in [0, 0.05) is 31.7 Å². The molecule has 21 heavy (non-hydrogen) atoms. The van der Waals surface area contributed by atoms with Crippen LogP contribution in [0, 0.1) is 0 Å². The zero-order chi connectivity index (χ0) is 14.6. The predicted molar refractivity (Wildman–Crippen MR) is 78.1 cm³/mol. The lowest BCUT2D eigenvalue weighted by Crippen LogP contribution is -2.49. The molecule has 0 saturated carbocycles. The van der Waals surface area contributed by atoms with E-state index in [1.165, 1.54) is 11.0 Å². The van der Waals surface area contributed by atoms with Crippen molar-refractivity contribution in [1.29, 1.82) is 0 Å². The summed E-state index contributed by atoms with van der Waals surface area (Å²) in [5, 5.41) is 3.07. The van der Waals surface area contributed by atoms with Crippen LogP contribution in [0.3, 0.4) is 0 Å². The lowest BCUT2D eigenvalue weighted by atomic mass is 10.0. The second-order valence-corrected chi connectivity index (χ2v) is 4.70. The van der Waals surface area contributed by atoms with Crippen LogP contribution >= 0.6 is 12.4 Å². The molecule has 1 aromatic carbocycles. The molecule has 0 spiro atoms. The number of benzene rings is 1. The second-order valence-electron chi connectivity index (χ2n) is 4.70. The summed E-state index contributed by atoms with van der Waals surface area (Å²) < 4.78 is 45.8. The van der Waals surface area contributed by atoms with Gasteiger partial charge in [0.05, 0.1) is 6.61 Å². The predicted octanol–water partition coefficient (Wildman–Crippen LogP) is 3.02. The van der Waals surface area contributed by atoms with E-state index in [1.807, 2.05) is 0 Å². The number of halogens is 4. The van der Waals surface area contributed by atoms with Crippen molar-refractivity contribution in [2.45, 2.75) is 19.1 Å². The molecule has 0 amide bonds. The molecule has 1 saturated heterocycles. The van der Waals surface area contributed by atoms with Crippen LogP contribution in [0.2, 0.25) is 0 Å². The molecule has 3 nitrogen and oxygen atoms in total. The molecule has 120 valence electrons. The molecule has 7 heteroatoms. The summed E-state index contributed by atoms with van der Waals surface area (Å²) in [6.45, 7) is 4.02. The molecule has 0 unspecified atom stereocenters. The lowest BCUT2D eigenvalue weighted by molar-refractivity contribution is -0.188. The van der Waals surface area contributed by atoms with Gasteiger partial charge >= 0.3 is 6.18 Å². The van der Waals surface area contributed by atoms with Gasteiger partial charge in [-0.15, -0.1) is 12.4 Å². The van der Waals surface area contributed by atoms with Gasteiger partial charge in [0.25, 0.3) is 0 Å². The molecule has 0 aliphatic carbocycles. The summed E-state index contributed by atoms with van der Waals surface area (Å²) in [6.07, 6.45) is -4.31. The first-order chi connectivity index (χ1) is 9.54. The van der Waals surface area contributed by atoms with E-state index in [4.69, 9.17) is 4.74 Å². The number of alkyl halides is 3. The van der Waals surface area contributed by atoms with E-state index in [0.717, 1.165) is 0 Å². The Morgan fingerprint density at radius 1 is 1.24 bits per heavy atom. The van der Waals surface area contributed by atoms with Gasteiger partial charge in [0.1, 0.15) is 11.8 Å². The highest BCUT2D eigenvalue weighted by atomic mass is 35.5. The Kier molecular flexibility index (Phi) is 6.77. The maximum atomic E-state index is 13.5. The highest BCUT2D eigenvalue weighted by Gasteiger charge is 2.46. The van der Waals surface area contributed by atoms with Crippen LogP contribution in [0.25, 0.3) is 0 Å². The SMILES string of the molecule is CCOc1ccccc1[C@H](N1CCNCC1)C(F)(F)F.Cl. The summed E-state index contributed by atoms with van der Waals surface area (Å²) >= 11 is 0. The highest BCUT2D eigenvalue weighted by molar-refractivity contribution is 5.85. The minimum absolute atomic E-state index is 0. The van der Waals surface area contributed by atoms with E-state index in [1.54, 1.807) is 25.1 Å². The molecule has 0 radical (unpaired) electrons. The first-order valence-corrected chi connectivity index (χ1v) is 6.77. The zero-order valence-corrected chi connectivity index (χ0v) is 12.6. The third-order valence-corrected chi connectivity index (χ3v) is 3.34. The molecule has 1 atom stereocenters. The van der Waals surface area contributed by atoms with Gasteiger partial charge in [-0.2, -0.15) is 13.2 Å². The van der Waals surface area contributed by atoms with Crippen molar-refractivity contribution in [3.63, 3.8) is 0 Å². The van der Waals surface area contributed by atoms with Crippen LogP contribution in [0.1, 0.15) is 18.5 Å². The quantitative estimate of drug-likeness (QED) is 0.921. The van der Waals surface area contributed by atoms with Crippen LogP contribution in [-0.4, -0.2) is 43.9 Å². The van der Waals surface area contributed by atoms with E-state index >= 15 is 0 Å². The Hall–Kier alpha value is -0.980. The Labute approximate surface area is 128 Å². The van der Waals surface area contributed by atoms with Crippen LogP contribution < -0.4 is 10.1 Å². The maximum absolute atomic E-state index is 13.5. The fraction of sp³-hybridized carbons (Fsp3) is 0.571. The summed E-state index contributed by atoms with van der Waals surface area (Å²) in [7, 11) is 0. The summed E-state index contributed by atoms with van der Waals surface area (Å²) in [5.41, 5.74) is 0.198. The molecule has 1 aliphatic heterocycles. The number of hydrogen-bond acceptors (Lipinski definition) is 3. The third kappa shape index (κ3) is 4.49. The first kappa shape index (κ1) is 18.1. The molecular formula is C14H20ClF3N2O. The summed E-state index contributed by atoms with van der Waals surface area (Å²) in [6, 6.07) is 4.82. The Morgan fingerprint density at radius 3 is 2.43 bits per heavy atom. The normalized spacial score (nSPS) is 17.9. The largest absolute Gasteiger partial charge is 0.494 e. The van der Waals surface area contributed by atoms with Crippen molar-refractivity contribution < 1.29 is 17.9 Å². The van der Waals surface area contributed by atoms with Crippen molar-refractivity contribution in [2.24, 2.45) is 0 Å². The number of para-hydroxylation sites is 1. The minimum atomic E-state index is -4.31. The zero-order valence-electron chi connectivity index (χ0n) is 11.8. The van der Waals surface area contributed by atoms with Gasteiger partial charge in [-0.1, -0.05) is 18.2 Å². The number of nitrogens with zero attached hydrogens (tertiary/aromatic N) is 1. The van der Waals surface area contributed by atoms with E-state index in [-0.39, 0.29) is 18.0 Å². The number of rotatable bonds is 4. The van der Waals surface area contributed by atoms with Gasteiger partial charge < -0.3 is 10.1 Å². The molecule has 0 aromatic heterocycles. The molecule has 0 bridgehead atoms. The fourth-order valence-corrected chi connectivity index (χ4v) is 2.51. The van der Waals surface area contributed by atoms with Crippen LogP contribution in [0.15, 0.2) is 24.3 Å². The summed E-state index contributed by atoms with van der Waals surface area (Å²) in [4.78, 5) is 1.47. The molecule has 1 heterocycles. The second kappa shape index (κ2) is 7.87. The first-order valence-electron chi connectivity index (χ1n) is 6.77. The smallest absolute Gasteiger partial charge is 0.408 e. The van der Waals surface area contributed by atoms with Crippen LogP contribution in [0.4, 0.5) is 13.2 Å². The van der Waals surface area contributed by atoms with Crippen molar-refractivity contribution >= 4 is 12.4 Å². The Balaban J connectivity index is 0.00000220. The number of ether oxygens (including phenoxy) is 1. The molecule has 1 fully saturated rings. The average molecular weight is 325 g/mol. The van der Waals surface area contributed by atoms with Gasteiger partial charge in [0.15, 0.2) is 0 Å². The average Bonchev–Trinajstić information content (AvgIpc) is 2.41.